The van der Waals surface area contributed by atoms with Gasteiger partial charge in [-0.25, -0.2) is 0 Å². The Morgan fingerprint density at radius 1 is 1.25 bits per heavy atom. The third kappa shape index (κ3) is 2.66. The predicted octanol–water partition coefficient (Wildman–Crippen LogP) is 2.11. The van der Waals surface area contributed by atoms with Crippen molar-refractivity contribution in [3.05, 3.63) is 22.2 Å². The maximum absolute atomic E-state index is 5.98. The van der Waals surface area contributed by atoms with Gasteiger partial charge in [0.25, 0.3) is 0 Å². The van der Waals surface area contributed by atoms with Gasteiger partial charge in [-0.15, -0.1) is 0 Å². The van der Waals surface area contributed by atoms with Crippen LogP contribution in [0.5, 0.6) is 11.5 Å². The van der Waals surface area contributed by atoms with Crippen LogP contribution in [0.4, 0.5) is 0 Å². The Balaban J connectivity index is 3.14. The minimum absolute atomic E-state index is 0.220. The molecule has 0 amide bonds. The van der Waals surface area contributed by atoms with Crippen molar-refractivity contribution in [2.75, 3.05) is 27.9 Å². The molecule has 0 aliphatic heterocycles. The third-order valence-corrected chi connectivity index (χ3v) is 3.01. The van der Waals surface area contributed by atoms with Crippen molar-refractivity contribution >= 4 is 15.9 Å². The normalized spacial score (nSPS) is 12.3. The zero-order valence-electron chi connectivity index (χ0n) is 9.62. The first-order chi connectivity index (χ1) is 7.65. The Bertz CT molecular complexity index is 357. The summed E-state index contributed by atoms with van der Waals surface area (Å²) in [4.78, 5) is 0. The molecule has 90 valence electrons. The first-order valence-electron chi connectivity index (χ1n) is 4.80. The van der Waals surface area contributed by atoms with E-state index in [0.717, 1.165) is 10.0 Å². The van der Waals surface area contributed by atoms with Crippen molar-refractivity contribution < 1.29 is 14.2 Å². The summed E-state index contributed by atoms with van der Waals surface area (Å²) in [5, 5.41) is 0. The molecule has 1 aromatic rings. The quantitative estimate of drug-likeness (QED) is 0.902. The molecule has 0 bridgehead atoms. The summed E-state index contributed by atoms with van der Waals surface area (Å²) in [6.07, 6.45) is 0. The third-order valence-electron chi connectivity index (χ3n) is 2.26. The molecule has 5 heteroatoms. The zero-order valence-corrected chi connectivity index (χ0v) is 11.2. The van der Waals surface area contributed by atoms with E-state index < -0.39 is 0 Å². The second-order valence-corrected chi connectivity index (χ2v) is 4.06. The lowest BCUT2D eigenvalue weighted by Gasteiger charge is -2.17. The summed E-state index contributed by atoms with van der Waals surface area (Å²) in [6.45, 7) is 0.440. The molecule has 16 heavy (non-hydrogen) atoms. The second kappa shape index (κ2) is 6.08. The molecule has 0 saturated heterocycles. The number of hydrogen-bond acceptors (Lipinski definition) is 4. The van der Waals surface area contributed by atoms with E-state index in [1.54, 1.807) is 21.3 Å². The Labute approximate surface area is 104 Å². The smallest absolute Gasteiger partial charge is 0.141 e. The highest BCUT2D eigenvalue weighted by atomic mass is 79.9. The molecule has 0 aromatic heterocycles. The van der Waals surface area contributed by atoms with Crippen LogP contribution in [-0.4, -0.2) is 27.9 Å². The molecular weight excluding hydrogens is 274 g/mol. The highest BCUT2D eigenvalue weighted by Crippen LogP contribution is 2.39. The van der Waals surface area contributed by atoms with Crippen molar-refractivity contribution in [1.29, 1.82) is 0 Å². The number of hydrogen-bond donors (Lipinski definition) is 1. The fourth-order valence-corrected chi connectivity index (χ4v) is 2.16. The summed E-state index contributed by atoms with van der Waals surface area (Å²) in [5.41, 5.74) is 6.86. The van der Waals surface area contributed by atoms with E-state index in [0.29, 0.717) is 18.1 Å². The van der Waals surface area contributed by atoms with Gasteiger partial charge in [0, 0.05) is 12.7 Å². The molecule has 2 N–H and O–H groups in total. The van der Waals surface area contributed by atoms with Crippen LogP contribution >= 0.6 is 15.9 Å². The van der Waals surface area contributed by atoms with E-state index in [9.17, 15) is 0 Å². The topological polar surface area (TPSA) is 53.7 Å². The van der Waals surface area contributed by atoms with Crippen molar-refractivity contribution in [3.63, 3.8) is 0 Å². The van der Waals surface area contributed by atoms with Crippen LogP contribution in [0.3, 0.4) is 0 Å². The highest BCUT2D eigenvalue weighted by Gasteiger charge is 2.17. The summed E-state index contributed by atoms with van der Waals surface area (Å²) in [7, 11) is 4.82. The fraction of sp³-hybridized carbons (Fsp3) is 0.455. The van der Waals surface area contributed by atoms with Crippen LogP contribution in [0.25, 0.3) is 0 Å². The molecule has 1 atom stereocenters. The van der Waals surface area contributed by atoms with Gasteiger partial charge in [-0.1, -0.05) is 0 Å². The van der Waals surface area contributed by atoms with Crippen LogP contribution in [0.1, 0.15) is 11.6 Å². The largest absolute Gasteiger partial charge is 0.495 e. The maximum Gasteiger partial charge on any atom is 0.141 e. The van der Waals surface area contributed by atoms with Crippen LogP contribution in [-0.2, 0) is 4.74 Å². The van der Waals surface area contributed by atoms with Crippen molar-refractivity contribution in [2.24, 2.45) is 5.73 Å². The van der Waals surface area contributed by atoms with E-state index in [1.165, 1.54) is 0 Å². The lowest BCUT2D eigenvalue weighted by Crippen LogP contribution is -2.17. The van der Waals surface area contributed by atoms with Gasteiger partial charge in [0.1, 0.15) is 16.0 Å². The van der Waals surface area contributed by atoms with Gasteiger partial charge in [0.05, 0.1) is 26.9 Å². The van der Waals surface area contributed by atoms with E-state index in [-0.39, 0.29) is 6.04 Å². The van der Waals surface area contributed by atoms with Gasteiger partial charge in [-0.05, 0) is 28.1 Å². The van der Waals surface area contributed by atoms with E-state index in [2.05, 4.69) is 15.9 Å². The number of nitrogens with two attached hydrogens (primary N) is 1. The molecule has 0 heterocycles. The minimum Gasteiger partial charge on any atom is -0.495 e. The molecule has 4 nitrogen and oxygen atoms in total. The average molecular weight is 290 g/mol. The molecule has 0 fully saturated rings. The van der Waals surface area contributed by atoms with E-state index in [1.807, 2.05) is 12.1 Å². The summed E-state index contributed by atoms with van der Waals surface area (Å²) < 4.78 is 16.3. The van der Waals surface area contributed by atoms with Crippen molar-refractivity contribution in [1.82, 2.24) is 0 Å². The zero-order chi connectivity index (χ0) is 12.1. The fourth-order valence-electron chi connectivity index (χ4n) is 1.48. The Morgan fingerprint density at radius 2 is 1.94 bits per heavy atom. The van der Waals surface area contributed by atoms with Crippen LogP contribution in [0.2, 0.25) is 0 Å². The SMILES string of the molecule is COCC(N)c1ccc(OC)c(Br)c1OC. The Hall–Kier alpha value is -0.780. The van der Waals surface area contributed by atoms with Crippen molar-refractivity contribution in [3.8, 4) is 11.5 Å². The summed E-state index contributed by atoms with van der Waals surface area (Å²) in [6, 6.07) is 3.51. The van der Waals surface area contributed by atoms with Crippen LogP contribution in [0.15, 0.2) is 16.6 Å². The van der Waals surface area contributed by atoms with Crippen molar-refractivity contribution in [2.45, 2.75) is 6.04 Å². The van der Waals surface area contributed by atoms with Crippen LogP contribution < -0.4 is 15.2 Å². The molecule has 0 aliphatic carbocycles. The molecule has 0 aliphatic rings. The van der Waals surface area contributed by atoms with Gasteiger partial charge < -0.3 is 19.9 Å². The molecule has 1 rings (SSSR count). The predicted molar refractivity (Wildman–Crippen MR) is 66.1 cm³/mol. The summed E-state index contributed by atoms with van der Waals surface area (Å²) >= 11 is 3.43. The lowest BCUT2D eigenvalue weighted by molar-refractivity contribution is 0.179. The molecule has 0 radical (unpaired) electrons. The minimum atomic E-state index is -0.220. The Kier molecular flexibility index (Phi) is 5.05. The van der Waals surface area contributed by atoms with Gasteiger partial charge in [0.15, 0.2) is 0 Å². The monoisotopic (exact) mass is 289 g/mol. The number of benzene rings is 1. The number of rotatable bonds is 5. The first-order valence-corrected chi connectivity index (χ1v) is 5.59. The number of methoxy groups -OCH3 is 3. The van der Waals surface area contributed by atoms with E-state index in [4.69, 9.17) is 19.9 Å². The molecule has 1 unspecified atom stereocenters. The van der Waals surface area contributed by atoms with Gasteiger partial charge >= 0.3 is 0 Å². The molecule has 0 saturated carbocycles. The second-order valence-electron chi connectivity index (χ2n) is 3.27. The van der Waals surface area contributed by atoms with E-state index >= 15 is 0 Å². The van der Waals surface area contributed by atoms with Crippen LogP contribution in [0, 0.1) is 0 Å². The first kappa shape index (κ1) is 13.3. The summed E-state index contributed by atoms with van der Waals surface area (Å²) in [5.74, 6) is 1.40. The molecular formula is C11H16BrNO3. The number of ether oxygens (including phenoxy) is 3. The molecule has 1 aromatic carbocycles. The highest BCUT2D eigenvalue weighted by molar-refractivity contribution is 9.10. The van der Waals surface area contributed by atoms with Gasteiger partial charge in [-0.3, -0.25) is 0 Å². The number of halogens is 1. The lowest BCUT2D eigenvalue weighted by atomic mass is 10.1. The Morgan fingerprint density at radius 3 is 2.44 bits per heavy atom. The van der Waals surface area contributed by atoms with Gasteiger partial charge in [0.2, 0.25) is 0 Å². The standard InChI is InChI=1S/C11H16BrNO3/c1-14-6-8(13)7-4-5-9(15-2)10(12)11(7)16-3/h4-5,8H,6,13H2,1-3H3. The van der Waals surface area contributed by atoms with Gasteiger partial charge in [-0.2, -0.15) is 0 Å². The maximum atomic E-state index is 5.98. The average Bonchev–Trinajstić information content (AvgIpc) is 2.28. The molecule has 0 spiro atoms.